The molecule has 1 aliphatic heterocycles. The summed E-state index contributed by atoms with van der Waals surface area (Å²) in [7, 11) is 0. The molecule has 6 heteroatoms. The van der Waals surface area contributed by atoms with E-state index < -0.39 is 11.6 Å². The Morgan fingerprint density at radius 3 is 2.45 bits per heavy atom. The van der Waals surface area contributed by atoms with Crippen molar-refractivity contribution in [3.05, 3.63) is 29.8 Å². The predicted molar refractivity (Wildman–Crippen MR) is 75.4 cm³/mol. The van der Waals surface area contributed by atoms with Crippen LogP contribution in [0, 0.1) is 0 Å². The van der Waals surface area contributed by atoms with Gasteiger partial charge in [-0.05, 0) is 30.7 Å². The molecule has 1 heterocycles. The van der Waals surface area contributed by atoms with Gasteiger partial charge in [0.25, 0.3) is 5.91 Å². The Balaban J connectivity index is 1.96. The van der Waals surface area contributed by atoms with Gasteiger partial charge < -0.3 is 21.1 Å². The summed E-state index contributed by atoms with van der Waals surface area (Å²) in [4.78, 5) is 24.5. The van der Waals surface area contributed by atoms with E-state index in [4.69, 9.17) is 5.73 Å². The molecule has 3 amide bonds. The molecule has 108 valence electrons. The number of hydrogen-bond donors (Lipinski definition) is 3. The van der Waals surface area contributed by atoms with Gasteiger partial charge in [0, 0.05) is 11.3 Å². The van der Waals surface area contributed by atoms with Crippen molar-refractivity contribution >= 4 is 17.6 Å². The topological polar surface area (TPSA) is 95.7 Å². The summed E-state index contributed by atoms with van der Waals surface area (Å²) in [5.41, 5.74) is 5.35. The van der Waals surface area contributed by atoms with Gasteiger partial charge in [-0.15, -0.1) is 0 Å². The average molecular weight is 277 g/mol. The van der Waals surface area contributed by atoms with E-state index in [0.717, 1.165) is 6.42 Å². The molecular weight excluding hydrogens is 258 g/mol. The number of hydrogen-bond acceptors (Lipinski definition) is 3. The summed E-state index contributed by atoms with van der Waals surface area (Å²) >= 11 is 0. The third-order valence-electron chi connectivity index (χ3n) is 3.37. The molecular formula is C14H19N3O3. The van der Waals surface area contributed by atoms with Crippen LogP contribution in [0.1, 0.15) is 30.1 Å². The third-order valence-corrected chi connectivity index (χ3v) is 3.37. The summed E-state index contributed by atoms with van der Waals surface area (Å²) in [6.45, 7) is 2.76. The van der Waals surface area contributed by atoms with Gasteiger partial charge in [0.05, 0.1) is 18.7 Å². The van der Waals surface area contributed by atoms with Crippen molar-refractivity contribution in [2.24, 2.45) is 5.73 Å². The van der Waals surface area contributed by atoms with Crippen LogP contribution in [0.2, 0.25) is 0 Å². The van der Waals surface area contributed by atoms with Crippen molar-refractivity contribution < 1.29 is 14.7 Å². The Morgan fingerprint density at radius 2 is 1.95 bits per heavy atom. The van der Waals surface area contributed by atoms with Crippen LogP contribution in [0.5, 0.6) is 0 Å². The number of benzene rings is 1. The third kappa shape index (κ3) is 3.08. The monoisotopic (exact) mass is 277 g/mol. The standard InChI is InChI=1S/C14H19N3O3/c1-2-7-14(20)8-17(9-14)12(18)10-3-5-11(6-4-10)16-13(15)19/h3-6,20H,2,7-9H2,1H3,(H3,15,16,19). The molecule has 1 aromatic rings. The number of β-amino-alcohol motifs (C(OH)–C–C–N with tert-alkyl or cyclic N) is 1. The fourth-order valence-electron chi connectivity index (χ4n) is 2.45. The first-order valence-corrected chi connectivity index (χ1v) is 6.62. The number of rotatable bonds is 4. The van der Waals surface area contributed by atoms with Crippen molar-refractivity contribution in [1.29, 1.82) is 0 Å². The Morgan fingerprint density at radius 1 is 1.35 bits per heavy atom. The number of likely N-dealkylation sites (tertiary alicyclic amines) is 1. The van der Waals surface area contributed by atoms with E-state index in [1.165, 1.54) is 0 Å². The second-order valence-electron chi connectivity index (χ2n) is 5.20. The largest absolute Gasteiger partial charge is 0.386 e. The summed E-state index contributed by atoms with van der Waals surface area (Å²) in [6.07, 6.45) is 1.60. The first-order chi connectivity index (χ1) is 9.43. The molecule has 0 unspecified atom stereocenters. The number of anilines is 1. The lowest BCUT2D eigenvalue weighted by Gasteiger charge is -2.46. The van der Waals surface area contributed by atoms with Crippen LogP contribution in [-0.2, 0) is 0 Å². The summed E-state index contributed by atoms with van der Waals surface area (Å²) in [6, 6.07) is 5.86. The van der Waals surface area contributed by atoms with E-state index in [1.54, 1.807) is 29.2 Å². The van der Waals surface area contributed by atoms with Crippen LogP contribution in [0.25, 0.3) is 0 Å². The first kappa shape index (κ1) is 14.3. The van der Waals surface area contributed by atoms with Crippen molar-refractivity contribution in [3.8, 4) is 0 Å². The highest BCUT2D eigenvalue weighted by molar-refractivity contribution is 5.96. The average Bonchev–Trinajstić information content (AvgIpc) is 2.35. The van der Waals surface area contributed by atoms with Crippen molar-refractivity contribution in [3.63, 3.8) is 0 Å². The van der Waals surface area contributed by atoms with Crippen LogP contribution in [0.4, 0.5) is 10.5 Å². The smallest absolute Gasteiger partial charge is 0.316 e. The van der Waals surface area contributed by atoms with E-state index >= 15 is 0 Å². The lowest BCUT2D eigenvalue weighted by molar-refractivity contribution is -0.0860. The van der Waals surface area contributed by atoms with Gasteiger partial charge in [-0.2, -0.15) is 0 Å². The SMILES string of the molecule is CCCC1(O)CN(C(=O)c2ccc(NC(N)=O)cc2)C1. The Kier molecular flexibility index (Phi) is 3.94. The Labute approximate surface area is 117 Å². The molecule has 0 atom stereocenters. The molecule has 0 saturated carbocycles. The van der Waals surface area contributed by atoms with Crippen LogP contribution < -0.4 is 11.1 Å². The second kappa shape index (κ2) is 5.50. The normalized spacial score (nSPS) is 16.4. The molecule has 2 rings (SSSR count). The number of carbonyl (C=O) groups is 2. The molecule has 0 aromatic heterocycles. The molecule has 1 aliphatic rings. The maximum Gasteiger partial charge on any atom is 0.316 e. The summed E-state index contributed by atoms with van der Waals surface area (Å²) in [5, 5.41) is 12.5. The Bertz CT molecular complexity index is 507. The highest BCUT2D eigenvalue weighted by atomic mass is 16.3. The van der Waals surface area contributed by atoms with Gasteiger partial charge in [-0.3, -0.25) is 4.79 Å². The minimum absolute atomic E-state index is 0.114. The van der Waals surface area contributed by atoms with Crippen LogP contribution in [-0.4, -0.2) is 40.6 Å². The minimum Gasteiger partial charge on any atom is -0.386 e. The fraction of sp³-hybridized carbons (Fsp3) is 0.429. The van der Waals surface area contributed by atoms with Crippen molar-refractivity contribution in [1.82, 2.24) is 4.90 Å². The van der Waals surface area contributed by atoms with Gasteiger partial charge in [0.2, 0.25) is 0 Å². The van der Waals surface area contributed by atoms with E-state index in [0.29, 0.717) is 30.8 Å². The molecule has 20 heavy (non-hydrogen) atoms. The van der Waals surface area contributed by atoms with E-state index in [9.17, 15) is 14.7 Å². The zero-order valence-corrected chi connectivity index (χ0v) is 11.4. The second-order valence-corrected chi connectivity index (χ2v) is 5.20. The highest BCUT2D eigenvalue weighted by Crippen LogP contribution is 2.27. The van der Waals surface area contributed by atoms with E-state index in [2.05, 4.69) is 5.32 Å². The van der Waals surface area contributed by atoms with E-state index in [1.807, 2.05) is 6.92 Å². The summed E-state index contributed by atoms with van der Waals surface area (Å²) in [5.74, 6) is -0.114. The Hall–Kier alpha value is -2.08. The van der Waals surface area contributed by atoms with Crippen molar-refractivity contribution in [2.75, 3.05) is 18.4 Å². The predicted octanol–water partition coefficient (Wildman–Crippen LogP) is 1.16. The number of primary amides is 1. The van der Waals surface area contributed by atoms with Gasteiger partial charge in [0.15, 0.2) is 0 Å². The molecule has 1 saturated heterocycles. The number of carbonyl (C=O) groups excluding carboxylic acids is 2. The number of urea groups is 1. The number of nitrogens with one attached hydrogen (secondary N) is 1. The van der Waals surface area contributed by atoms with Crippen molar-refractivity contribution in [2.45, 2.75) is 25.4 Å². The maximum absolute atomic E-state index is 12.2. The number of nitrogens with two attached hydrogens (primary N) is 1. The zero-order chi connectivity index (χ0) is 14.8. The lowest BCUT2D eigenvalue weighted by atomic mass is 9.89. The fourth-order valence-corrected chi connectivity index (χ4v) is 2.45. The highest BCUT2D eigenvalue weighted by Gasteiger charge is 2.42. The van der Waals surface area contributed by atoms with Crippen LogP contribution in [0.3, 0.4) is 0 Å². The molecule has 4 N–H and O–H groups in total. The van der Waals surface area contributed by atoms with Crippen LogP contribution >= 0.6 is 0 Å². The first-order valence-electron chi connectivity index (χ1n) is 6.62. The lowest BCUT2D eigenvalue weighted by Crippen LogP contribution is -2.63. The number of aliphatic hydroxyl groups is 1. The quantitative estimate of drug-likeness (QED) is 0.770. The van der Waals surface area contributed by atoms with Gasteiger partial charge in [-0.1, -0.05) is 13.3 Å². The molecule has 1 aromatic carbocycles. The maximum atomic E-state index is 12.2. The summed E-state index contributed by atoms with van der Waals surface area (Å²) < 4.78 is 0. The van der Waals surface area contributed by atoms with Crippen LogP contribution in [0.15, 0.2) is 24.3 Å². The molecule has 6 nitrogen and oxygen atoms in total. The van der Waals surface area contributed by atoms with Gasteiger partial charge in [-0.25, -0.2) is 4.79 Å². The molecule has 0 bridgehead atoms. The number of nitrogens with zero attached hydrogens (tertiary/aromatic N) is 1. The number of amides is 3. The molecule has 1 fully saturated rings. The van der Waals surface area contributed by atoms with Gasteiger partial charge in [0.1, 0.15) is 0 Å². The molecule has 0 aliphatic carbocycles. The minimum atomic E-state index is -0.724. The van der Waals surface area contributed by atoms with Gasteiger partial charge >= 0.3 is 6.03 Å². The zero-order valence-electron chi connectivity index (χ0n) is 11.4. The molecule has 0 spiro atoms. The molecule has 0 radical (unpaired) electrons. The van der Waals surface area contributed by atoms with E-state index in [-0.39, 0.29) is 5.91 Å².